The second kappa shape index (κ2) is 7.09. The summed E-state index contributed by atoms with van der Waals surface area (Å²) in [5.74, 6) is 1.20. The quantitative estimate of drug-likeness (QED) is 0.766. The first kappa shape index (κ1) is 14.6. The molecule has 20 heavy (non-hydrogen) atoms. The molecule has 0 aliphatic carbocycles. The average molecular weight is 291 g/mol. The van der Waals surface area contributed by atoms with Crippen molar-refractivity contribution in [3.63, 3.8) is 0 Å². The van der Waals surface area contributed by atoms with Crippen LogP contribution in [0.1, 0.15) is 13.8 Å². The highest BCUT2D eigenvalue weighted by molar-refractivity contribution is 7.99. The van der Waals surface area contributed by atoms with Crippen molar-refractivity contribution in [3.8, 4) is 11.5 Å². The van der Waals surface area contributed by atoms with Gasteiger partial charge in [0.05, 0.1) is 12.0 Å². The van der Waals surface area contributed by atoms with Crippen molar-refractivity contribution in [1.29, 1.82) is 0 Å². The number of nitrogens with zero attached hydrogens (tertiary/aromatic N) is 3. The van der Waals surface area contributed by atoms with Crippen LogP contribution in [-0.4, -0.2) is 39.8 Å². The second-order valence-electron chi connectivity index (χ2n) is 4.09. The van der Waals surface area contributed by atoms with E-state index in [0.717, 1.165) is 18.1 Å². The molecule has 2 rings (SSSR count). The zero-order valence-corrected chi connectivity index (χ0v) is 12.4. The Morgan fingerprint density at radius 2 is 2.05 bits per heavy atom. The maximum absolute atomic E-state index is 11.9. The van der Waals surface area contributed by atoms with Gasteiger partial charge < -0.3 is 9.32 Å². The molecule has 0 saturated carbocycles. The largest absolute Gasteiger partial charge is 0.463 e. The summed E-state index contributed by atoms with van der Waals surface area (Å²) in [6.07, 6.45) is 1.60. The van der Waals surface area contributed by atoms with E-state index in [1.807, 2.05) is 38.1 Å². The average Bonchev–Trinajstić information content (AvgIpc) is 3.01. The molecule has 2 heterocycles. The summed E-state index contributed by atoms with van der Waals surface area (Å²) in [7, 11) is 0. The number of thioether (sulfide) groups is 1. The van der Waals surface area contributed by atoms with E-state index in [-0.39, 0.29) is 5.91 Å². The molecule has 0 spiro atoms. The molecule has 0 aromatic carbocycles. The van der Waals surface area contributed by atoms with Crippen LogP contribution < -0.4 is 0 Å². The topological polar surface area (TPSA) is 59.2 Å². The first-order valence-corrected chi connectivity index (χ1v) is 7.51. The lowest BCUT2D eigenvalue weighted by molar-refractivity contribution is -0.127. The number of furan rings is 1. The lowest BCUT2D eigenvalue weighted by Crippen LogP contribution is -2.31. The van der Waals surface area contributed by atoms with Gasteiger partial charge in [-0.2, -0.15) is 0 Å². The van der Waals surface area contributed by atoms with Crippen LogP contribution in [0.15, 0.2) is 40.0 Å². The molecule has 0 atom stereocenters. The normalized spacial score (nSPS) is 10.5. The number of rotatable bonds is 6. The van der Waals surface area contributed by atoms with Crippen LogP contribution in [0.3, 0.4) is 0 Å². The van der Waals surface area contributed by atoms with Crippen molar-refractivity contribution in [3.05, 3.63) is 30.5 Å². The van der Waals surface area contributed by atoms with E-state index >= 15 is 0 Å². The summed E-state index contributed by atoms with van der Waals surface area (Å²) >= 11 is 1.40. The minimum Gasteiger partial charge on any atom is -0.463 e. The first-order chi connectivity index (χ1) is 9.74. The van der Waals surface area contributed by atoms with Crippen LogP contribution in [-0.2, 0) is 4.79 Å². The molecular formula is C14H17N3O2S. The van der Waals surface area contributed by atoms with Gasteiger partial charge in [-0.3, -0.25) is 4.79 Å². The lowest BCUT2D eigenvalue weighted by atomic mass is 10.3. The van der Waals surface area contributed by atoms with Crippen LogP contribution in [0.25, 0.3) is 11.5 Å². The summed E-state index contributed by atoms with van der Waals surface area (Å²) < 4.78 is 5.25. The monoisotopic (exact) mass is 291 g/mol. The zero-order valence-electron chi connectivity index (χ0n) is 11.6. The number of carbonyl (C=O) groups is 1. The molecule has 0 fully saturated rings. The van der Waals surface area contributed by atoms with Crippen LogP contribution in [0.4, 0.5) is 0 Å². The van der Waals surface area contributed by atoms with E-state index < -0.39 is 0 Å². The van der Waals surface area contributed by atoms with Crippen molar-refractivity contribution in [2.75, 3.05) is 18.8 Å². The first-order valence-electron chi connectivity index (χ1n) is 6.52. The van der Waals surface area contributed by atoms with E-state index in [9.17, 15) is 4.79 Å². The number of hydrogen-bond donors (Lipinski definition) is 0. The van der Waals surface area contributed by atoms with Gasteiger partial charge in [0.2, 0.25) is 5.91 Å². The van der Waals surface area contributed by atoms with E-state index in [0.29, 0.717) is 17.2 Å². The number of carbonyl (C=O) groups excluding carboxylic acids is 1. The molecule has 0 aliphatic heterocycles. The fourth-order valence-electron chi connectivity index (χ4n) is 1.76. The Labute approximate surface area is 122 Å². The lowest BCUT2D eigenvalue weighted by Gasteiger charge is -2.17. The highest BCUT2D eigenvalue weighted by Gasteiger charge is 2.11. The van der Waals surface area contributed by atoms with Crippen LogP contribution in [0, 0.1) is 0 Å². The Hall–Kier alpha value is -1.82. The van der Waals surface area contributed by atoms with Crippen LogP contribution in [0.5, 0.6) is 0 Å². The third-order valence-corrected chi connectivity index (χ3v) is 3.78. The second-order valence-corrected chi connectivity index (χ2v) is 5.08. The van der Waals surface area contributed by atoms with Crippen molar-refractivity contribution >= 4 is 17.7 Å². The molecule has 0 N–H and O–H groups in total. The molecule has 5 nitrogen and oxygen atoms in total. The molecule has 0 saturated heterocycles. The molecule has 1 amide bonds. The van der Waals surface area contributed by atoms with Gasteiger partial charge in [0.25, 0.3) is 0 Å². The predicted octanol–water partition coefficient (Wildman–Crippen LogP) is 2.70. The predicted molar refractivity (Wildman–Crippen MR) is 78.4 cm³/mol. The summed E-state index contributed by atoms with van der Waals surface area (Å²) in [5.41, 5.74) is 0.689. The smallest absolute Gasteiger partial charge is 0.232 e. The Bertz CT molecular complexity index is 536. The standard InChI is InChI=1S/C14H17N3O2S/c1-3-17(4-2)14(18)10-20-13-8-7-11(15-16-13)12-6-5-9-19-12/h5-9H,3-4,10H2,1-2H3. The number of amides is 1. The van der Waals surface area contributed by atoms with E-state index in [2.05, 4.69) is 10.2 Å². The molecule has 0 radical (unpaired) electrons. The maximum Gasteiger partial charge on any atom is 0.232 e. The number of hydrogen-bond acceptors (Lipinski definition) is 5. The SMILES string of the molecule is CCN(CC)C(=O)CSc1ccc(-c2ccco2)nn1. The third kappa shape index (κ3) is 3.60. The summed E-state index contributed by atoms with van der Waals surface area (Å²) in [5, 5.41) is 8.93. The van der Waals surface area contributed by atoms with Gasteiger partial charge in [0.15, 0.2) is 5.76 Å². The Kier molecular flexibility index (Phi) is 5.17. The van der Waals surface area contributed by atoms with Gasteiger partial charge >= 0.3 is 0 Å². The Balaban J connectivity index is 1.93. The van der Waals surface area contributed by atoms with Gasteiger partial charge in [-0.05, 0) is 38.1 Å². The summed E-state index contributed by atoms with van der Waals surface area (Å²) in [4.78, 5) is 13.7. The van der Waals surface area contributed by atoms with Crippen molar-refractivity contribution in [2.45, 2.75) is 18.9 Å². The highest BCUT2D eigenvalue weighted by atomic mass is 32.2. The molecule has 2 aromatic heterocycles. The highest BCUT2D eigenvalue weighted by Crippen LogP contribution is 2.20. The third-order valence-electron chi connectivity index (χ3n) is 2.87. The van der Waals surface area contributed by atoms with E-state index in [1.54, 1.807) is 11.2 Å². The van der Waals surface area contributed by atoms with Gasteiger partial charge in [-0.1, -0.05) is 11.8 Å². The molecule has 6 heteroatoms. The van der Waals surface area contributed by atoms with Crippen molar-refractivity contribution in [1.82, 2.24) is 15.1 Å². The summed E-state index contributed by atoms with van der Waals surface area (Å²) in [6.45, 7) is 5.42. The van der Waals surface area contributed by atoms with Gasteiger partial charge in [0.1, 0.15) is 10.7 Å². The Morgan fingerprint density at radius 3 is 2.60 bits per heavy atom. The van der Waals surface area contributed by atoms with Gasteiger partial charge in [-0.15, -0.1) is 10.2 Å². The Morgan fingerprint density at radius 1 is 1.25 bits per heavy atom. The fourth-order valence-corrected chi connectivity index (χ4v) is 2.47. The number of aromatic nitrogens is 2. The van der Waals surface area contributed by atoms with Crippen LogP contribution >= 0.6 is 11.8 Å². The van der Waals surface area contributed by atoms with Gasteiger partial charge in [-0.25, -0.2) is 0 Å². The van der Waals surface area contributed by atoms with E-state index in [4.69, 9.17) is 4.42 Å². The van der Waals surface area contributed by atoms with Crippen LogP contribution in [0.2, 0.25) is 0 Å². The molecule has 0 bridgehead atoms. The molecule has 0 unspecified atom stereocenters. The molecule has 106 valence electrons. The fraction of sp³-hybridized carbons (Fsp3) is 0.357. The van der Waals surface area contributed by atoms with Gasteiger partial charge in [0, 0.05) is 13.1 Å². The van der Waals surface area contributed by atoms with E-state index in [1.165, 1.54) is 11.8 Å². The zero-order chi connectivity index (χ0) is 14.4. The summed E-state index contributed by atoms with van der Waals surface area (Å²) in [6, 6.07) is 7.34. The van der Waals surface area contributed by atoms with Crippen molar-refractivity contribution < 1.29 is 9.21 Å². The maximum atomic E-state index is 11.9. The molecule has 0 aliphatic rings. The molecule has 2 aromatic rings. The van der Waals surface area contributed by atoms with Crippen molar-refractivity contribution in [2.24, 2.45) is 0 Å². The minimum atomic E-state index is 0.122. The minimum absolute atomic E-state index is 0.122. The molecular weight excluding hydrogens is 274 g/mol.